The van der Waals surface area contributed by atoms with Crippen molar-refractivity contribution < 1.29 is 32.3 Å². The molecule has 144 valence electrons. The van der Waals surface area contributed by atoms with Gasteiger partial charge in [0.25, 0.3) is 0 Å². The van der Waals surface area contributed by atoms with Gasteiger partial charge in [-0.2, -0.15) is 0 Å². The van der Waals surface area contributed by atoms with Crippen molar-refractivity contribution >= 4 is 44.1 Å². The van der Waals surface area contributed by atoms with Crippen LogP contribution in [0.15, 0.2) is 44.5 Å². The first-order valence-corrected chi connectivity index (χ1v) is 9.01. The quantitative estimate of drug-likeness (QED) is 0.474. The minimum Gasteiger partial charge on any atom is -0.475 e. The van der Waals surface area contributed by atoms with Gasteiger partial charge in [0.1, 0.15) is 16.3 Å². The number of benzene rings is 2. The normalized spacial score (nSPS) is 11.1. The smallest absolute Gasteiger partial charge is 0.374 e. The van der Waals surface area contributed by atoms with Crippen LogP contribution in [0.1, 0.15) is 16.1 Å². The highest BCUT2D eigenvalue weighted by Gasteiger charge is 2.28. The Labute approximate surface area is 157 Å². The lowest BCUT2D eigenvalue weighted by atomic mass is 10.1. The fraction of sp³-hybridized carbons (Fsp3) is 0.0625. The molecule has 0 bridgehead atoms. The Balaban J connectivity index is 0.00000126. The number of nitrogen functional groups attached to an aromatic ring is 1. The van der Waals surface area contributed by atoms with E-state index in [1.165, 1.54) is 31.2 Å². The number of carboxylic acid groups (broad SMARTS) is 1. The third kappa shape index (κ3) is 3.47. The average Bonchev–Trinajstić information content (AvgIpc) is 2.97. The number of anilines is 1. The summed E-state index contributed by atoms with van der Waals surface area (Å²) in [4.78, 5) is 10.3. The number of carboxylic acids is 1. The standard InChI is InChI=1S/C16H11ClFNO5S.H3NO/c1-7-12-10(24-15(14(12)19)16(20)21)6-11(13(7)18)25(22,23)9-4-2-8(17)3-5-9;1-2/h2-6H,19H2,1H3,(H,20,21);2H,1H2. The molecule has 27 heavy (non-hydrogen) atoms. The van der Waals surface area contributed by atoms with E-state index in [1.54, 1.807) is 0 Å². The summed E-state index contributed by atoms with van der Waals surface area (Å²) in [6, 6.07) is 6.16. The average molecular weight is 417 g/mol. The first kappa shape index (κ1) is 20.6. The highest BCUT2D eigenvalue weighted by Crippen LogP contribution is 2.37. The molecule has 3 rings (SSSR count). The summed E-state index contributed by atoms with van der Waals surface area (Å²) in [6.45, 7) is 1.30. The zero-order valence-electron chi connectivity index (χ0n) is 13.7. The molecule has 0 aliphatic carbocycles. The number of hydrogen-bond acceptors (Lipinski definition) is 7. The van der Waals surface area contributed by atoms with Crippen molar-refractivity contribution in [2.24, 2.45) is 5.90 Å². The molecule has 8 nitrogen and oxygen atoms in total. The largest absolute Gasteiger partial charge is 0.475 e. The molecule has 0 unspecified atom stereocenters. The number of aryl methyl sites for hydroxylation is 1. The molecule has 2 aromatic carbocycles. The van der Waals surface area contributed by atoms with Gasteiger partial charge in [-0.25, -0.2) is 23.5 Å². The zero-order valence-corrected chi connectivity index (χ0v) is 15.3. The Bertz CT molecular complexity index is 1130. The van der Waals surface area contributed by atoms with Crippen molar-refractivity contribution in [2.75, 3.05) is 5.73 Å². The van der Waals surface area contributed by atoms with E-state index >= 15 is 0 Å². The van der Waals surface area contributed by atoms with Gasteiger partial charge in [0.05, 0.1) is 16.0 Å². The van der Waals surface area contributed by atoms with E-state index in [-0.39, 0.29) is 27.1 Å². The predicted molar refractivity (Wildman–Crippen MR) is 95.2 cm³/mol. The molecule has 3 aromatic rings. The van der Waals surface area contributed by atoms with Gasteiger partial charge in [0, 0.05) is 11.1 Å². The van der Waals surface area contributed by atoms with Crippen LogP contribution in [0, 0.1) is 12.7 Å². The van der Waals surface area contributed by atoms with Crippen molar-refractivity contribution in [2.45, 2.75) is 16.7 Å². The molecule has 0 amide bonds. The van der Waals surface area contributed by atoms with Gasteiger partial charge in [0.2, 0.25) is 15.6 Å². The zero-order chi connectivity index (χ0) is 20.5. The number of fused-ring (bicyclic) bond motifs is 1. The Morgan fingerprint density at radius 1 is 1.22 bits per heavy atom. The summed E-state index contributed by atoms with van der Waals surface area (Å²) in [5, 5.41) is 15.9. The van der Waals surface area contributed by atoms with Gasteiger partial charge in [-0.1, -0.05) is 11.6 Å². The van der Waals surface area contributed by atoms with Gasteiger partial charge in [-0.05, 0) is 36.8 Å². The monoisotopic (exact) mass is 416 g/mol. The lowest BCUT2D eigenvalue weighted by Gasteiger charge is -2.09. The van der Waals surface area contributed by atoms with Crippen molar-refractivity contribution in [3.63, 3.8) is 0 Å². The van der Waals surface area contributed by atoms with E-state index in [0.29, 0.717) is 5.02 Å². The number of halogens is 2. The van der Waals surface area contributed by atoms with Crippen LogP contribution in [0.4, 0.5) is 10.1 Å². The fourth-order valence-electron chi connectivity index (χ4n) is 2.52. The van der Waals surface area contributed by atoms with Crippen LogP contribution >= 0.6 is 11.6 Å². The summed E-state index contributed by atoms with van der Waals surface area (Å²) >= 11 is 5.74. The van der Waals surface area contributed by atoms with Gasteiger partial charge >= 0.3 is 5.97 Å². The van der Waals surface area contributed by atoms with Crippen molar-refractivity contribution in [3.8, 4) is 0 Å². The van der Waals surface area contributed by atoms with Crippen LogP contribution in [0.2, 0.25) is 5.02 Å². The Morgan fingerprint density at radius 2 is 1.78 bits per heavy atom. The van der Waals surface area contributed by atoms with E-state index in [9.17, 15) is 17.6 Å². The second-order valence-electron chi connectivity index (χ2n) is 5.29. The van der Waals surface area contributed by atoms with E-state index in [1.807, 2.05) is 0 Å². The van der Waals surface area contributed by atoms with E-state index in [4.69, 9.17) is 32.1 Å². The molecule has 0 saturated carbocycles. The van der Waals surface area contributed by atoms with Gasteiger partial charge < -0.3 is 20.5 Å². The Kier molecular flexibility index (Phi) is 5.76. The molecule has 0 saturated heterocycles. The first-order valence-electron chi connectivity index (χ1n) is 7.15. The molecule has 1 heterocycles. The summed E-state index contributed by atoms with van der Waals surface area (Å²) in [5.41, 5.74) is 5.20. The number of hydrogen-bond donors (Lipinski definition) is 4. The molecule has 1 aromatic heterocycles. The molecule has 0 aliphatic heterocycles. The van der Waals surface area contributed by atoms with Crippen LogP contribution in [0.3, 0.4) is 0 Å². The Morgan fingerprint density at radius 3 is 2.30 bits per heavy atom. The second kappa shape index (κ2) is 7.53. The number of sulfone groups is 1. The maximum atomic E-state index is 14.7. The van der Waals surface area contributed by atoms with Crippen molar-refractivity contribution in [3.05, 3.63) is 52.5 Å². The van der Waals surface area contributed by atoms with E-state index in [0.717, 1.165) is 6.07 Å². The minimum atomic E-state index is -4.21. The molecule has 11 heteroatoms. The third-order valence-corrected chi connectivity index (χ3v) is 5.78. The lowest BCUT2D eigenvalue weighted by molar-refractivity contribution is 0.0666. The first-order chi connectivity index (χ1) is 12.6. The third-order valence-electron chi connectivity index (χ3n) is 3.76. The van der Waals surface area contributed by atoms with Crippen LogP contribution in [-0.4, -0.2) is 24.7 Å². The molecule has 0 spiro atoms. The number of furan rings is 1. The summed E-state index contributed by atoms with van der Waals surface area (Å²) in [7, 11) is -4.21. The predicted octanol–water partition coefficient (Wildman–Crippen LogP) is 2.98. The van der Waals surface area contributed by atoms with Crippen LogP contribution in [0.5, 0.6) is 0 Å². The van der Waals surface area contributed by atoms with Crippen LogP contribution < -0.4 is 11.6 Å². The lowest BCUT2D eigenvalue weighted by Crippen LogP contribution is -2.06. The fourth-order valence-corrected chi connectivity index (χ4v) is 4.05. The van der Waals surface area contributed by atoms with E-state index in [2.05, 4.69) is 5.90 Å². The highest BCUT2D eigenvalue weighted by molar-refractivity contribution is 7.91. The van der Waals surface area contributed by atoms with Crippen molar-refractivity contribution in [1.29, 1.82) is 0 Å². The number of nitrogens with two attached hydrogens (primary N) is 2. The summed E-state index contributed by atoms with van der Waals surface area (Å²) < 4.78 is 45.3. The molecule has 6 N–H and O–H groups in total. The molecular weight excluding hydrogens is 403 g/mol. The second-order valence-corrected chi connectivity index (χ2v) is 7.65. The van der Waals surface area contributed by atoms with Gasteiger partial charge in [-0.3, -0.25) is 0 Å². The highest BCUT2D eigenvalue weighted by atomic mass is 35.5. The summed E-state index contributed by atoms with van der Waals surface area (Å²) in [6.07, 6.45) is 0. The number of aromatic carboxylic acids is 1. The van der Waals surface area contributed by atoms with Crippen LogP contribution in [0.25, 0.3) is 11.0 Å². The maximum Gasteiger partial charge on any atom is 0.374 e. The van der Waals surface area contributed by atoms with Crippen molar-refractivity contribution in [1.82, 2.24) is 0 Å². The maximum absolute atomic E-state index is 14.7. The topological polar surface area (TPSA) is 157 Å². The number of carbonyl (C=O) groups is 1. The van der Waals surface area contributed by atoms with Crippen LogP contribution in [-0.2, 0) is 9.84 Å². The molecular formula is C16H14ClFN2O6S. The molecule has 0 aliphatic rings. The summed E-state index contributed by atoms with van der Waals surface area (Å²) in [5.74, 6) is 0.473. The van der Waals surface area contributed by atoms with E-state index < -0.39 is 32.3 Å². The number of rotatable bonds is 3. The van der Waals surface area contributed by atoms with Gasteiger partial charge in [-0.15, -0.1) is 0 Å². The molecule has 0 radical (unpaired) electrons. The Hall–Kier alpha value is -2.66. The SMILES string of the molecule is Cc1c(F)c(S(=O)(=O)c2ccc(Cl)cc2)cc2oc(C(=O)O)c(N)c12.NO. The molecule has 0 fully saturated rings. The molecule has 0 atom stereocenters. The minimum absolute atomic E-state index is 0.0324. The van der Waals surface area contributed by atoms with Gasteiger partial charge in [0.15, 0.2) is 0 Å².